The average molecular weight is 332 g/mol. The van der Waals surface area contributed by atoms with E-state index in [1.807, 2.05) is 31.2 Å². The second-order valence-electron chi connectivity index (χ2n) is 4.19. The molecule has 0 aromatic heterocycles. The van der Waals surface area contributed by atoms with Crippen LogP contribution in [0.25, 0.3) is 0 Å². The van der Waals surface area contributed by atoms with Crippen LogP contribution >= 0.6 is 15.9 Å². The van der Waals surface area contributed by atoms with E-state index in [-0.39, 0.29) is 11.3 Å². The Labute approximate surface area is 124 Å². The summed E-state index contributed by atoms with van der Waals surface area (Å²) in [5.41, 5.74) is 2.31. The minimum atomic E-state index is -0.561. The topological polar surface area (TPSA) is 79.0 Å². The average Bonchev–Trinajstić information content (AvgIpc) is 2.43. The van der Waals surface area contributed by atoms with E-state index in [0.717, 1.165) is 15.7 Å². The number of rotatable bonds is 3. The van der Waals surface area contributed by atoms with Gasteiger partial charge in [-0.2, -0.15) is 5.26 Å². The number of aryl methyl sites for hydroxylation is 1. The van der Waals surface area contributed by atoms with Crippen molar-refractivity contribution in [2.45, 2.75) is 6.92 Å². The van der Waals surface area contributed by atoms with Crippen LogP contribution in [0.2, 0.25) is 0 Å². The molecule has 0 aliphatic carbocycles. The Morgan fingerprint density at radius 3 is 2.50 bits per heavy atom. The summed E-state index contributed by atoms with van der Waals surface area (Å²) in [4.78, 5) is 10.3. The molecule has 6 heteroatoms. The Morgan fingerprint density at radius 2 is 1.90 bits per heavy atom. The molecule has 0 radical (unpaired) electrons. The van der Waals surface area contributed by atoms with Gasteiger partial charge in [-0.15, -0.1) is 0 Å². The van der Waals surface area contributed by atoms with Crippen molar-refractivity contribution in [3.63, 3.8) is 0 Å². The fraction of sp³-hybridized carbons (Fsp3) is 0.0714. The summed E-state index contributed by atoms with van der Waals surface area (Å²) in [5.74, 6) is 0. The van der Waals surface area contributed by atoms with Gasteiger partial charge >= 0.3 is 0 Å². The SMILES string of the molecule is Cc1ccc(Nc2ccc(C#N)c([N+](=O)[O-])c2)cc1Br. The number of nitro benzene ring substituents is 1. The van der Waals surface area contributed by atoms with Gasteiger partial charge in [-0.1, -0.05) is 22.0 Å². The van der Waals surface area contributed by atoms with E-state index in [0.29, 0.717) is 5.69 Å². The van der Waals surface area contributed by atoms with Gasteiger partial charge in [-0.3, -0.25) is 10.1 Å². The third-order valence-corrected chi connectivity index (χ3v) is 3.63. The molecule has 0 fully saturated rings. The predicted octanol–water partition coefficient (Wildman–Crippen LogP) is 4.28. The van der Waals surface area contributed by atoms with Crippen molar-refractivity contribution in [3.05, 3.63) is 62.1 Å². The second-order valence-corrected chi connectivity index (χ2v) is 5.04. The molecular weight excluding hydrogens is 322 g/mol. The lowest BCUT2D eigenvalue weighted by molar-refractivity contribution is -0.385. The summed E-state index contributed by atoms with van der Waals surface area (Å²) in [6.45, 7) is 1.97. The molecule has 20 heavy (non-hydrogen) atoms. The van der Waals surface area contributed by atoms with Crippen LogP contribution in [-0.2, 0) is 0 Å². The van der Waals surface area contributed by atoms with Crippen LogP contribution in [-0.4, -0.2) is 4.92 Å². The van der Waals surface area contributed by atoms with Gasteiger partial charge in [0.05, 0.1) is 4.92 Å². The monoisotopic (exact) mass is 331 g/mol. The number of halogens is 1. The minimum Gasteiger partial charge on any atom is -0.355 e. The molecule has 0 saturated heterocycles. The molecule has 100 valence electrons. The van der Waals surface area contributed by atoms with E-state index < -0.39 is 4.92 Å². The van der Waals surface area contributed by atoms with Crippen molar-refractivity contribution < 1.29 is 4.92 Å². The largest absolute Gasteiger partial charge is 0.355 e. The lowest BCUT2D eigenvalue weighted by atomic mass is 10.1. The molecule has 0 spiro atoms. The van der Waals surface area contributed by atoms with Crippen LogP contribution in [0.4, 0.5) is 17.1 Å². The van der Waals surface area contributed by atoms with Crippen molar-refractivity contribution in [3.8, 4) is 6.07 Å². The Kier molecular flexibility index (Phi) is 4.01. The molecule has 2 aromatic carbocycles. The maximum absolute atomic E-state index is 10.9. The highest BCUT2D eigenvalue weighted by Crippen LogP contribution is 2.27. The smallest absolute Gasteiger partial charge is 0.289 e. The Morgan fingerprint density at radius 1 is 1.25 bits per heavy atom. The fourth-order valence-corrected chi connectivity index (χ4v) is 2.07. The normalized spacial score (nSPS) is 9.85. The van der Waals surface area contributed by atoms with E-state index >= 15 is 0 Å². The van der Waals surface area contributed by atoms with E-state index in [9.17, 15) is 10.1 Å². The van der Waals surface area contributed by atoms with E-state index in [4.69, 9.17) is 5.26 Å². The van der Waals surface area contributed by atoms with Crippen LogP contribution in [0, 0.1) is 28.4 Å². The fourth-order valence-electron chi connectivity index (χ4n) is 1.69. The highest BCUT2D eigenvalue weighted by molar-refractivity contribution is 9.10. The molecular formula is C14H10BrN3O2. The first-order valence-electron chi connectivity index (χ1n) is 5.73. The van der Waals surface area contributed by atoms with Crippen molar-refractivity contribution in [2.24, 2.45) is 0 Å². The third kappa shape index (κ3) is 2.95. The molecule has 2 rings (SSSR count). The van der Waals surface area contributed by atoms with E-state index in [1.165, 1.54) is 12.1 Å². The van der Waals surface area contributed by atoms with Crippen LogP contribution < -0.4 is 5.32 Å². The molecule has 0 saturated carbocycles. The zero-order chi connectivity index (χ0) is 14.7. The maximum Gasteiger partial charge on any atom is 0.289 e. The molecule has 1 N–H and O–H groups in total. The predicted molar refractivity (Wildman–Crippen MR) is 80.0 cm³/mol. The lowest BCUT2D eigenvalue weighted by Gasteiger charge is -2.08. The minimum absolute atomic E-state index is 0.0469. The van der Waals surface area contributed by atoms with E-state index in [2.05, 4.69) is 21.2 Å². The van der Waals surface area contributed by atoms with Gasteiger partial charge in [-0.05, 0) is 36.8 Å². The number of anilines is 2. The van der Waals surface area contributed by atoms with Crippen LogP contribution in [0.3, 0.4) is 0 Å². The molecule has 0 amide bonds. The van der Waals surface area contributed by atoms with Crippen molar-refractivity contribution in [1.29, 1.82) is 5.26 Å². The quantitative estimate of drug-likeness (QED) is 0.672. The lowest BCUT2D eigenvalue weighted by Crippen LogP contribution is -1.96. The number of nitrogens with zero attached hydrogens (tertiary/aromatic N) is 2. The molecule has 0 atom stereocenters. The van der Waals surface area contributed by atoms with Gasteiger partial charge in [0.15, 0.2) is 0 Å². The van der Waals surface area contributed by atoms with Gasteiger partial charge in [0.25, 0.3) is 5.69 Å². The zero-order valence-electron chi connectivity index (χ0n) is 10.6. The number of benzene rings is 2. The number of nitrogens with one attached hydrogen (secondary N) is 1. The third-order valence-electron chi connectivity index (χ3n) is 2.78. The molecule has 0 heterocycles. The molecule has 2 aromatic rings. The number of nitriles is 1. The molecule has 5 nitrogen and oxygen atoms in total. The first-order valence-corrected chi connectivity index (χ1v) is 6.52. The Balaban J connectivity index is 2.34. The van der Waals surface area contributed by atoms with Crippen LogP contribution in [0.5, 0.6) is 0 Å². The van der Waals surface area contributed by atoms with Crippen molar-refractivity contribution >= 4 is 33.0 Å². The Hall–Kier alpha value is -2.39. The first kappa shape index (κ1) is 14.0. The highest BCUT2D eigenvalue weighted by atomic mass is 79.9. The van der Waals surface area contributed by atoms with Crippen LogP contribution in [0.1, 0.15) is 11.1 Å². The van der Waals surface area contributed by atoms with Gasteiger partial charge in [-0.25, -0.2) is 0 Å². The van der Waals surface area contributed by atoms with Crippen molar-refractivity contribution in [2.75, 3.05) is 5.32 Å². The number of nitro groups is 1. The Bertz CT molecular complexity index is 723. The maximum atomic E-state index is 10.9. The van der Waals surface area contributed by atoms with Gasteiger partial charge in [0.2, 0.25) is 0 Å². The molecule has 0 unspecified atom stereocenters. The summed E-state index contributed by atoms with van der Waals surface area (Å²) in [7, 11) is 0. The number of hydrogen-bond acceptors (Lipinski definition) is 4. The highest BCUT2D eigenvalue weighted by Gasteiger charge is 2.14. The molecule has 0 bridgehead atoms. The molecule has 0 aliphatic heterocycles. The standard InChI is InChI=1S/C14H10BrN3O2/c1-9-2-4-11(6-13(9)15)17-12-5-3-10(8-16)14(7-12)18(19)20/h2-7,17H,1H3. The second kappa shape index (κ2) is 5.72. The summed E-state index contributed by atoms with van der Waals surface area (Å²) in [5, 5.41) is 22.8. The summed E-state index contributed by atoms with van der Waals surface area (Å²) in [6.07, 6.45) is 0. The van der Waals surface area contributed by atoms with Gasteiger partial charge < -0.3 is 5.32 Å². The summed E-state index contributed by atoms with van der Waals surface area (Å²) < 4.78 is 0.950. The van der Waals surface area contributed by atoms with Crippen molar-refractivity contribution in [1.82, 2.24) is 0 Å². The number of hydrogen-bond donors (Lipinski definition) is 1. The first-order chi connectivity index (χ1) is 9.51. The zero-order valence-corrected chi connectivity index (χ0v) is 12.1. The van der Waals surface area contributed by atoms with E-state index in [1.54, 1.807) is 6.07 Å². The summed E-state index contributed by atoms with van der Waals surface area (Å²) in [6, 6.07) is 11.9. The van der Waals surface area contributed by atoms with Gasteiger partial charge in [0.1, 0.15) is 11.6 Å². The summed E-state index contributed by atoms with van der Waals surface area (Å²) >= 11 is 3.43. The molecule has 0 aliphatic rings. The van der Waals surface area contributed by atoms with Crippen LogP contribution in [0.15, 0.2) is 40.9 Å². The van der Waals surface area contributed by atoms with Gasteiger partial charge in [0, 0.05) is 21.9 Å².